The summed E-state index contributed by atoms with van der Waals surface area (Å²) in [5, 5.41) is 4.35. The second-order valence-corrected chi connectivity index (χ2v) is 4.09. The average molecular weight is 164 g/mol. The Morgan fingerprint density at radius 2 is 2.50 bits per heavy atom. The molecule has 0 fully saturated rings. The van der Waals surface area contributed by atoms with Crippen molar-refractivity contribution in [2.75, 3.05) is 0 Å². The van der Waals surface area contributed by atoms with Crippen LogP contribution < -0.4 is 0 Å². The molecule has 0 saturated carbocycles. The molecular weight excluding hydrogens is 148 g/mol. The van der Waals surface area contributed by atoms with Gasteiger partial charge in [0.25, 0.3) is 0 Å². The van der Waals surface area contributed by atoms with Crippen LogP contribution in [0.3, 0.4) is 0 Å². The molecule has 0 bridgehead atoms. The van der Waals surface area contributed by atoms with Gasteiger partial charge in [0.15, 0.2) is 0 Å². The smallest absolute Gasteiger partial charge is 0.0528 e. The van der Waals surface area contributed by atoms with E-state index in [1.165, 1.54) is 25.0 Å². The van der Waals surface area contributed by atoms with E-state index in [0.29, 0.717) is 6.04 Å². The first kappa shape index (κ1) is 7.84. The maximum absolute atomic E-state index is 4.35. The Hall–Kier alpha value is -0.790. The van der Waals surface area contributed by atoms with Crippen LogP contribution in [-0.4, -0.2) is 9.78 Å². The van der Waals surface area contributed by atoms with Gasteiger partial charge < -0.3 is 0 Å². The van der Waals surface area contributed by atoms with Gasteiger partial charge >= 0.3 is 0 Å². The van der Waals surface area contributed by atoms with E-state index in [2.05, 4.69) is 29.7 Å². The molecule has 1 aromatic rings. The maximum atomic E-state index is 4.35. The van der Waals surface area contributed by atoms with Gasteiger partial charge in [-0.25, -0.2) is 0 Å². The van der Waals surface area contributed by atoms with E-state index < -0.39 is 0 Å². The zero-order chi connectivity index (χ0) is 8.55. The first-order chi connectivity index (χ1) is 5.77. The summed E-state index contributed by atoms with van der Waals surface area (Å²) >= 11 is 0. The first-order valence-corrected chi connectivity index (χ1v) is 4.80. The Kier molecular flexibility index (Phi) is 1.91. The van der Waals surface area contributed by atoms with Gasteiger partial charge in [-0.2, -0.15) is 5.10 Å². The van der Waals surface area contributed by atoms with Crippen molar-refractivity contribution in [2.24, 2.45) is 5.92 Å². The molecule has 2 heteroatoms. The highest BCUT2D eigenvalue weighted by molar-refractivity contribution is 5.06. The maximum Gasteiger partial charge on any atom is 0.0528 e. The van der Waals surface area contributed by atoms with E-state index in [-0.39, 0.29) is 0 Å². The van der Waals surface area contributed by atoms with Crippen LogP contribution in [0.25, 0.3) is 0 Å². The lowest BCUT2D eigenvalue weighted by atomic mass is 10.0. The Morgan fingerprint density at radius 3 is 3.25 bits per heavy atom. The average Bonchev–Trinajstić information content (AvgIpc) is 2.52. The zero-order valence-corrected chi connectivity index (χ0v) is 7.83. The molecule has 1 aliphatic heterocycles. The largest absolute Gasteiger partial charge is 0.267 e. The number of hydrogen-bond acceptors (Lipinski definition) is 1. The summed E-state index contributed by atoms with van der Waals surface area (Å²) < 4.78 is 2.21. The van der Waals surface area contributed by atoms with E-state index in [1.807, 2.05) is 6.20 Å². The molecule has 66 valence electrons. The minimum atomic E-state index is 0.676. The van der Waals surface area contributed by atoms with Gasteiger partial charge in [0, 0.05) is 11.9 Å². The lowest BCUT2D eigenvalue weighted by Crippen LogP contribution is -2.08. The zero-order valence-electron chi connectivity index (χ0n) is 7.83. The van der Waals surface area contributed by atoms with Crippen LogP contribution in [0.2, 0.25) is 0 Å². The van der Waals surface area contributed by atoms with Gasteiger partial charge in [0.2, 0.25) is 0 Å². The third-order valence-electron chi connectivity index (χ3n) is 2.58. The second-order valence-electron chi connectivity index (χ2n) is 4.09. The monoisotopic (exact) mass is 164 g/mol. The molecule has 1 atom stereocenters. The molecular formula is C10H16N2. The molecule has 1 aliphatic rings. The second kappa shape index (κ2) is 2.92. The number of fused-ring (bicyclic) bond motifs is 1. The predicted octanol–water partition coefficient (Wildman–Crippen LogP) is 2.42. The third-order valence-corrected chi connectivity index (χ3v) is 2.58. The highest BCUT2D eigenvalue weighted by atomic mass is 15.3. The summed E-state index contributed by atoms with van der Waals surface area (Å²) in [5.74, 6) is 0.783. The molecule has 0 radical (unpaired) electrons. The Bertz CT molecular complexity index is 263. The molecule has 0 aliphatic carbocycles. The van der Waals surface area contributed by atoms with Gasteiger partial charge in [-0.15, -0.1) is 0 Å². The van der Waals surface area contributed by atoms with Crippen molar-refractivity contribution in [1.29, 1.82) is 0 Å². The molecule has 2 heterocycles. The highest BCUT2D eigenvalue weighted by Crippen LogP contribution is 2.29. The van der Waals surface area contributed by atoms with Gasteiger partial charge in [-0.1, -0.05) is 13.8 Å². The molecule has 1 aromatic heterocycles. The number of hydrogen-bond donors (Lipinski definition) is 0. The third kappa shape index (κ3) is 1.26. The van der Waals surface area contributed by atoms with Crippen LogP contribution in [0.1, 0.15) is 38.4 Å². The molecule has 2 rings (SSSR count). The van der Waals surface area contributed by atoms with E-state index in [0.717, 1.165) is 5.92 Å². The van der Waals surface area contributed by atoms with E-state index >= 15 is 0 Å². The fraction of sp³-hybridized carbons (Fsp3) is 0.700. The van der Waals surface area contributed by atoms with Gasteiger partial charge in [0.1, 0.15) is 0 Å². The van der Waals surface area contributed by atoms with E-state index in [1.54, 1.807) is 0 Å². The van der Waals surface area contributed by atoms with Crippen molar-refractivity contribution in [1.82, 2.24) is 9.78 Å². The van der Waals surface area contributed by atoms with Crippen molar-refractivity contribution in [3.63, 3.8) is 0 Å². The summed E-state index contributed by atoms with van der Waals surface area (Å²) in [6, 6.07) is 2.82. The van der Waals surface area contributed by atoms with E-state index in [9.17, 15) is 0 Å². The SMILES string of the molecule is CC(C)CC1CCc2ccnn21. The number of aromatic nitrogens is 2. The van der Waals surface area contributed by atoms with Crippen molar-refractivity contribution in [3.8, 4) is 0 Å². The van der Waals surface area contributed by atoms with Crippen molar-refractivity contribution in [3.05, 3.63) is 18.0 Å². The molecule has 12 heavy (non-hydrogen) atoms. The van der Waals surface area contributed by atoms with Gasteiger partial charge in [0.05, 0.1) is 6.04 Å². The van der Waals surface area contributed by atoms with Crippen molar-refractivity contribution in [2.45, 2.75) is 39.2 Å². The summed E-state index contributed by atoms with van der Waals surface area (Å²) in [6.45, 7) is 4.56. The standard InChI is InChI=1S/C10H16N2/c1-8(2)7-10-4-3-9-5-6-11-12(9)10/h5-6,8,10H,3-4,7H2,1-2H3. The summed E-state index contributed by atoms with van der Waals surface area (Å²) in [4.78, 5) is 0. The summed E-state index contributed by atoms with van der Waals surface area (Å²) in [7, 11) is 0. The number of nitrogens with zero attached hydrogens (tertiary/aromatic N) is 2. The lowest BCUT2D eigenvalue weighted by Gasteiger charge is -2.13. The summed E-state index contributed by atoms with van der Waals surface area (Å²) in [5.41, 5.74) is 1.42. The summed E-state index contributed by atoms with van der Waals surface area (Å²) in [6.07, 6.45) is 5.70. The fourth-order valence-electron chi connectivity index (χ4n) is 2.07. The van der Waals surface area contributed by atoms with Crippen LogP contribution in [-0.2, 0) is 6.42 Å². The fourth-order valence-corrected chi connectivity index (χ4v) is 2.07. The molecule has 0 spiro atoms. The normalized spacial score (nSPS) is 21.8. The lowest BCUT2D eigenvalue weighted by molar-refractivity contribution is 0.388. The highest BCUT2D eigenvalue weighted by Gasteiger charge is 2.22. The molecule has 0 amide bonds. The van der Waals surface area contributed by atoms with Crippen LogP contribution >= 0.6 is 0 Å². The molecule has 2 nitrogen and oxygen atoms in total. The quantitative estimate of drug-likeness (QED) is 0.656. The van der Waals surface area contributed by atoms with Crippen LogP contribution in [0.4, 0.5) is 0 Å². The Balaban J connectivity index is 2.12. The van der Waals surface area contributed by atoms with Crippen LogP contribution in [0, 0.1) is 5.92 Å². The van der Waals surface area contributed by atoms with Gasteiger partial charge in [-0.05, 0) is 31.2 Å². The Labute approximate surface area is 73.6 Å². The first-order valence-electron chi connectivity index (χ1n) is 4.80. The van der Waals surface area contributed by atoms with Gasteiger partial charge in [-0.3, -0.25) is 4.68 Å². The molecule has 0 saturated heterocycles. The predicted molar refractivity (Wildman–Crippen MR) is 49.0 cm³/mol. The van der Waals surface area contributed by atoms with Crippen molar-refractivity contribution < 1.29 is 0 Å². The van der Waals surface area contributed by atoms with Crippen molar-refractivity contribution >= 4 is 0 Å². The van der Waals surface area contributed by atoms with Crippen LogP contribution in [0.15, 0.2) is 12.3 Å². The topological polar surface area (TPSA) is 17.8 Å². The Morgan fingerprint density at radius 1 is 1.67 bits per heavy atom. The number of rotatable bonds is 2. The van der Waals surface area contributed by atoms with E-state index in [4.69, 9.17) is 0 Å². The minimum absolute atomic E-state index is 0.676. The molecule has 0 N–H and O–H groups in total. The number of aryl methyl sites for hydroxylation is 1. The molecule has 0 aromatic carbocycles. The minimum Gasteiger partial charge on any atom is -0.267 e. The van der Waals surface area contributed by atoms with Crippen LogP contribution in [0.5, 0.6) is 0 Å². The molecule has 1 unspecified atom stereocenters.